The van der Waals surface area contributed by atoms with E-state index in [1.165, 1.54) is 12.1 Å². The second kappa shape index (κ2) is 5.64. The average Bonchev–Trinajstić information content (AvgIpc) is 3.10. The summed E-state index contributed by atoms with van der Waals surface area (Å²) in [6.45, 7) is 3.65. The maximum absolute atomic E-state index is 10.8. The lowest BCUT2D eigenvalue weighted by Crippen LogP contribution is -2.02. The third-order valence-electron chi connectivity index (χ3n) is 3.63. The predicted octanol–water partition coefficient (Wildman–Crippen LogP) is 4.28. The maximum Gasteiger partial charge on any atom is 0.273 e. The molecule has 6 nitrogen and oxygen atoms in total. The van der Waals surface area contributed by atoms with Gasteiger partial charge < -0.3 is 13.9 Å². The monoisotopic (exact) mass is 313 g/mol. The predicted molar refractivity (Wildman–Crippen MR) is 82.6 cm³/mol. The van der Waals surface area contributed by atoms with Gasteiger partial charge in [0.15, 0.2) is 0 Å². The fraction of sp³-hybridized carbons (Fsp3) is 0.176. The Bertz CT molecular complexity index is 821. The summed E-state index contributed by atoms with van der Waals surface area (Å²) < 4.78 is 11.4. The van der Waals surface area contributed by atoms with Gasteiger partial charge >= 0.3 is 0 Å². The highest BCUT2D eigenvalue weighted by atomic mass is 16.6. The van der Waals surface area contributed by atoms with Gasteiger partial charge in [-0.15, -0.1) is 0 Å². The van der Waals surface area contributed by atoms with E-state index in [4.69, 9.17) is 8.83 Å². The van der Waals surface area contributed by atoms with Crippen molar-refractivity contribution in [3.05, 3.63) is 81.2 Å². The zero-order valence-corrected chi connectivity index (χ0v) is 12.6. The molecule has 3 rings (SSSR count). The van der Waals surface area contributed by atoms with Crippen molar-refractivity contribution in [2.75, 3.05) is 0 Å². The molecule has 2 aromatic heterocycles. The summed E-state index contributed by atoms with van der Waals surface area (Å²) in [5, 5.41) is 21.1. The van der Waals surface area contributed by atoms with Gasteiger partial charge in [-0.05, 0) is 44.2 Å². The summed E-state index contributed by atoms with van der Waals surface area (Å²) in [5.41, 5.74) is 0.315. The summed E-state index contributed by atoms with van der Waals surface area (Å²) in [5.74, 6) is 2.01. The fourth-order valence-electron chi connectivity index (χ4n) is 2.55. The summed E-state index contributed by atoms with van der Waals surface area (Å²) in [4.78, 5) is 10.3. The first-order valence-electron chi connectivity index (χ1n) is 7.05. The number of rotatable bonds is 4. The summed E-state index contributed by atoms with van der Waals surface area (Å²) >= 11 is 0. The normalized spacial score (nSPS) is 11.1. The van der Waals surface area contributed by atoms with Crippen LogP contribution in [0.3, 0.4) is 0 Å². The Labute approximate surface area is 132 Å². The average molecular weight is 313 g/mol. The number of nitro benzene ring substituents is 1. The highest BCUT2D eigenvalue weighted by Crippen LogP contribution is 2.39. The molecule has 0 atom stereocenters. The number of hydrogen-bond donors (Lipinski definition) is 1. The first kappa shape index (κ1) is 14.9. The van der Waals surface area contributed by atoms with E-state index in [2.05, 4.69) is 0 Å². The number of non-ortho nitro benzene ring substituents is 1. The van der Waals surface area contributed by atoms with E-state index >= 15 is 0 Å². The van der Waals surface area contributed by atoms with E-state index in [0.717, 1.165) is 17.6 Å². The molecule has 0 saturated carbocycles. The molecular formula is C17H15NO5. The van der Waals surface area contributed by atoms with Crippen LogP contribution < -0.4 is 0 Å². The van der Waals surface area contributed by atoms with Crippen LogP contribution in [0.1, 0.15) is 34.5 Å². The van der Waals surface area contributed by atoms with Gasteiger partial charge in [0.05, 0.1) is 11.0 Å². The van der Waals surface area contributed by atoms with Crippen molar-refractivity contribution in [3.8, 4) is 5.75 Å². The largest absolute Gasteiger partial charge is 0.507 e. The Balaban J connectivity index is 2.14. The van der Waals surface area contributed by atoms with Crippen molar-refractivity contribution in [2.45, 2.75) is 19.8 Å². The molecule has 3 aromatic rings. The van der Waals surface area contributed by atoms with Crippen LogP contribution >= 0.6 is 0 Å². The van der Waals surface area contributed by atoms with Gasteiger partial charge in [0.2, 0.25) is 0 Å². The number of furan rings is 2. The van der Waals surface area contributed by atoms with Crippen LogP contribution in [0.2, 0.25) is 0 Å². The number of nitro groups is 1. The molecule has 1 N–H and O–H groups in total. The molecule has 0 aliphatic heterocycles. The molecule has 0 aliphatic carbocycles. The highest BCUT2D eigenvalue weighted by Gasteiger charge is 2.27. The summed E-state index contributed by atoms with van der Waals surface area (Å²) in [7, 11) is 0. The van der Waals surface area contributed by atoms with Crippen molar-refractivity contribution >= 4 is 5.69 Å². The topological polar surface area (TPSA) is 89.7 Å². The molecule has 118 valence electrons. The first-order valence-corrected chi connectivity index (χ1v) is 7.05. The minimum Gasteiger partial charge on any atom is -0.507 e. The van der Waals surface area contributed by atoms with Gasteiger partial charge in [0.1, 0.15) is 34.7 Å². The quantitative estimate of drug-likeness (QED) is 0.573. The standard InChI is InChI=1S/C17H15NO5/c1-10-3-7-15(22-10)17(16-8-4-11(2)23-16)13-6-5-12(18(20)21)9-14(13)19/h3-9,17,19H,1-2H3. The molecule has 0 radical (unpaired) electrons. The SMILES string of the molecule is Cc1ccc(C(c2ccc(C)o2)c2ccc([N+](=O)[O-])cc2O)o1. The fourth-order valence-corrected chi connectivity index (χ4v) is 2.55. The number of nitrogens with zero attached hydrogens (tertiary/aromatic N) is 1. The first-order chi connectivity index (χ1) is 11.0. The van der Waals surface area contributed by atoms with Crippen molar-refractivity contribution in [3.63, 3.8) is 0 Å². The molecule has 1 aromatic carbocycles. The molecule has 0 saturated heterocycles. The molecule has 2 heterocycles. The summed E-state index contributed by atoms with van der Waals surface area (Å²) in [6.07, 6.45) is 0. The van der Waals surface area contributed by atoms with E-state index in [1.807, 2.05) is 26.0 Å². The van der Waals surface area contributed by atoms with Gasteiger partial charge in [0, 0.05) is 11.6 Å². The lowest BCUT2D eigenvalue weighted by molar-refractivity contribution is -0.384. The van der Waals surface area contributed by atoms with E-state index < -0.39 is 10.8 Å². The van der Waals surface area contributed by atoms with E-state index in [1.54, 1.807) is 12.1 Å². The smallest absolute Gasteiger partial charge is 0.273 e. The number of phenolic OH excluding ortho intramolecular Hbond substituents is 1. The lowest BCUT2D eigenvalue weighted by Gasteiger charge is -2.14. The number of aromatic hydroxyl groups is 1. The van der Waals surface area contributed by atoms with Gasteiger partial charge in [-0.25, -0.2) is 0 Å². The third kappa shape index (κ3) is 2.83. The molecule has 23 heavy (non-hydrogen) atoms. The molecule has 0 amide bonds. The minimum absolute atomic E-state index is 0.170. The Morgan fingerprint density at radius 3 is 1.96 bits per heavy atom. The lowest BCUT2D eigenvalue weighted by atomic mass is 9.93. The van der Waals surface area contributed by atoms with Crippen LogP contribution in [0.25, 0.3) is 0 Å². The number of phenols is 1. The van der Waals surface area contributed by atoms with Gasteiger partial charge in [-0.1, -0.05) is 0 Å². The van der Waals surface area contributed by atoms with Gasteiger partial charge in [0.25, 0.3) is 5.69 Å². The Hall–Kier alpha value is -3.02. The van der Waals surface area contributed by atoms with Crippen molar-refractivity contribution in [1.29, 1.82) is 0 Å². The molecule has 0 spiro atoms. The van der Waals surface area contributed by atoms with Crippen LogP contribution in [0.15, 0.2) is 51.3 Å². The minimum atomic E-state index is -0.549. The molecule has 0 fully saturated rings. The third-order valence-corrected chi connectivity index (χ3v) is 3.63. The highest BCUT2D eigenvalue weighted by molar-refractivity contribution is 5.49. The van der Waals surface area contributed by atoms with Crippen molar-refractivity contribution < 1.29 is 18.9 Å². The zero-order chi connectivity index (χ0) is 16.6. The maximum atomic E-state index is 10.8. The van der Waals surface area contributed by atoms with Crippen LogP contribution in [-0.4, -0.2) is 10.0 Å². The van der Waals surface area contributed by atoms with Crippen molar-refractivity contribution in [1.82, 2.24) is 0 Å². The van der Waals surface area contributed by atoms with Gasteiger partial charge in [-0.2, -0.15) is 0 Å². The van der Waals surface area contributed by atoms with Crippen LogP contribution in [0.5, 0.6) is 5.75 Å². The Morgan fingerprint density at radius 1 is 1.00 bits per heavy atom. The zero-order valence-electron chi connectivity index (χ0n) is 12.6. The number of benzene rings is 1. The molecule has 0 unspecified atom stereocenters. The Kier molecular flexibility index (Phi) is 3.65. The second-order valence-corrected chi connectivity index (χ2v) is 5.33. The van der Waals surface area contributed by atoms with Crippen molar-refractivity contribution in [2.24, 2.45) is 0 Å². The van der Waals surface area contributed by atoms with Gasteiger partial charge in [-0.3, -0.25) is 10.1 Å². The van der Waals surface area contributed by atoms with E-state index in [0.29, 0.717) is 17.1 Å². The van der Waals surface area contributed by atoms with E-state index in [9.17, 15) is 15.2 Å². The molecule has 0 aliphatic rings. The molecule has 6 heteroatoms. The van der Waals surface area contributed by atoms with Crippen LogP contribution in [-0.2, 0) is 0 Å². The Morgan fingerprint density at radius 2 is 1.57 bits per heavy atom. The molecular weight excluding hydrogens is 298 g/mol. The van der Waals surface area contributed by atoms with Crippen LogP contribution in [0, 0.1) is 24.0 Å². The number of hydrogen-bond acceptors (Lipinski definition) is 5. The molecule has 0 bridgehead atoms. The second-order valence-electron chi connectivity index (χ2n) is 5.33. The van der Waals surface area contributed by atoms with Crippen LogP contribution in [0.4, 0.5) is 5.69 Å². The van der Waals surface area contributed by atoms with E-state index in [-0.39, 0.29) is 11.4 Å². The number of aryl methyl sites for hydroxylation is 2. The summed E-state index contributed by atoms with van der Waals surface area (Å²) in [6, 6.07) is 11.3.